The molecule has 1 fully saturated rings. The van der Waals surface area contributed by atoms with Crippen LogP contribution in [0.25, 0.3) is 0 Å². The number of rotatable bonds is 7. The monoisotopic (exact) mass is 340 g/mol. The molecule has 1 N–H and O–H groups in total. The molecule has 0 amide bonds. The average Bonchev–Trinajstić information content (AvgIpc) is 2.53. The molecule has 0 saturated carbocycles. The van der Waals surface area contributed by atoms with E-state index < -0.39 is 10.0 Å². The van der Waals surface area contributed by atoms with Gasteiger partial charge in [0.1, 0.15) is 0 Å². The Kier molecular flexibility index (Phi) is 6.19. The number of aliphatic hydroxyl groups excluding tert-OH is 1. The highest BCUT2D eigenvalue weighted by atomic mass is 32.2. The van der Waals surface area contributed by atoms with Crippen molar-refractivity contribution >= 4 is 10.0 Å². The van der Waals surface area contributed by atoms with E-state index in [0.29, 0.717) is 13.1 Å². The summed E-state index contributed by atoms with van der Waals surface area (Å²) < 4.78 is 25.6. The second-order valence-corrected chi connectivity index (χ2v) is 8.87. The fourth-order valence-corrected chi connectivity index (χ4v) is 3.67. The van der Waals surface area contributed by atoms with Gasteiger partial charge in [-0.15, -0.1) is 0 Å². The number of nitrogens with zero attached hydrogens (tertiary/aromatic N) is 2. The molecular weight excluding hydrogens is 312 g/mol. The van der Waals surface area contributed by atoms with E-state index in [1.54, 1.807) is 4.31 Å². The highest BCUT2D eigenvalue weighted by Crippen LogP contribution is 2.29. The Hall–Kier alpha value is -0.950. The molecule has 1 heterocycles. The van der Waals surface area contributed by atoms with E-state index in [1.807, 2.05) is 30.3 Å². The fourth-order valence-electron chi connectivity index (χ4n) is 2.88. The van der Waals surface area contributed by atoms with E-state index in [1.165, 1.54) is 6.26 Å². The highest BCUT2D eigenvalue weighted by Gasteiger charge is 2.29. The lowest BCUT2D eigenvalue weighted by Gasteiger charge is -2.38. The van der Waals surface area contributed by atoms with Crippen molar-refractivity contribution in [2.45, 2.75) is 26.3 Å². The third-order valence-electron chi connectivity index (χ3n) is 4.78. The number of benzene rings is 1. The van der Waals surface area contributed by atoms with Crippen LogP contribution in [0.15, 0.2) is 30.3 Å². The Morgan fingerprint density at radius 1 is 1.22 bits per heavy atom. The van der Waals surface area contributed by atoms with Gasteiger partial charge in [-0.1, -0.05) is 37.3 Å². The summed E-state index contributed by atoms with van der Waals surface area (Å²) in [5, 5.41) is 9.42. The minimum atomic E-state index is -3.22. The van der Waals surface area contributed by atoms with Gasteiger partial charge >= 0.3 is 0 Å². The Labute approximate surface area is 140 Å². The van der Waals surface area contributed by atoms with E-state index in [-0.39, 0.29) is 12.0 Å². The second-order valence-electron chi connectivity index (χ2n) is 6.89. The normalized spacial score (nSPS) is 19.1. The number of hydrogen-bond acceptors (Lipinski definition) is 4. The zero-order valence-corrected chi connectivity index (χ0v) is 14.9. The van der Waals surface area contributed by atoms with Gasteiger partial charge in [0.2, 0.25) is 10.0 Å². The molecule has 130 valence electrons. The molecule has 6 heteroatoms. The molecule has 1 aromatic carbocycles. The molecule has 0 aromatic heterocycles. The summed E-state index contributed by atoms with van der Waals surface area (Å²) in [4.78, 5) is 2.29. The van der Waals surface area contributed by atoms with E-state index >= 15 is 0 Å². The molecule has 1 aromatic rings. The third kappa shape index (κ3) is 5.57. The Morgan fingerprint density at radius 2 is 1.83 bits per heavy atom. The molecular formula is C17H28N2O3S. The van der Waals surface area contributed by atoms with Gasteiger partial charge in [-0.25, -0.2) is 8.42 Å². The van der Waals surface area contributed by atoms with Crippen molar-refractivity contribution in [2.75, 3.05) is 39.0 Å². The summed E-state index contributed by atoms with van der Waals surface area (Å²) >= 11 is 0. The van der Waals surface area contributed by atoms with Gasteiger partial charge in [-0.3, -0.25) is 0 Å². The quantitative estimate of drug-likeness (QED) is 0.818. The van der Waals surface area contributed by atoms with Crippen LogP contribution in [-0.2, 0) is 16.6 Å². The molecule has 0 spiro atoms. The molecule has 1 aliphatic heterocycles. The van der Waals surface area contributed by atoms with Crippen LogP contribution in [0.3, 0.4) is 0 Å². The molecule has 23 heavy (non-hydrogen) atoms. The molecule has 2 rings (SSSR count). The van der Waals surface area contributed by atoms with Gasteiger partial charge in [0.15, 0.2) is 0 Å². The first kappa shape index (κ1) is 18.4. The molecule has 0 radical (unpaired) electrons. The molecule has 1 saturated heterocycles. The van der Waals surface area contributed by atoms with Crippen LogP contribution >= 0.6 is 0 Å². The first-order valence-electron chi connectivity index (χ1n) is 8.15. The zero-order valence-electron chi connectivity index (χ0n) is 14.1. The minimum absolute atomic E-state index is 0.0249. The second kappa shape index (κ2) is 7.75. The van der Waals surface area contributed by atoms with E-state index in [9.17, 15) is 13.5 Å². The van der Waals surface area contributed by atoms with Crippen molar-refractivity contribution in [2.24, 2.45) is 5.41 Å². The summed E-state index contributed by atoms with van der Waals surface area (Å²) in [5.41, 5.74) is 1.03. The largest absolute Gasteiger partial charge is 0.396 e. The first-order valence-corrected chi connectivity index (χ1v) is 9.99. The highest BCUT2D eigenvalue weighted by molar-refractivity contribution is 7.88. The van der Waals surface area contributed by atoms with Gasteiger partial charge in [-0.2, -0.15) is 4.31 Å². The molecule has 0 atom stereocenters. The van der Waals surface area contributed by atoms with Gasteiger partial charge < -0.3 is 10.0 Å². The molecule has 0 unspecified atom stereocenters. The summed E-state index contributed by atoms with van der Waals surface area (Å²) in [6, 6.07) is 9.68. The van der Waals surface area contributed by atoms with Crippen molar-refractivity contribution in [3.05, 3.63) is 35.9 Å². The molecule has 0 aliphatic carbocycles. The average molecular weight is 340 g/mol. The van der Waals surface area contributed by atoms with Crippen LogP contribution < -0.4 is 0 Å². The molecule has 1 aliphatic rings. The Morgan fingerprint density at radius 3 is 2.35 bits per heavy atom. The topological polar surface area (TPSA) is 60.9 Å². The van der Waals surface area contributed by atoms with Crippen molar-refractivity contribution in [1.29, 1.82) is 0 Å². The van der Waals surface area contributed by atoms with Crippen molar-refractivity contribution in [1.82, 2.24) is 9.21 Å². The Bertz CT molecular complexity index is 581. The predicted octanol–water partition coefficient (Wildman–Crippen LogP) is 1.54. The first-order chi connectivity index (χ1) is 10.8. The minimum Gasteiger partial charge on any atom is -0.396 e. The van der Waals surface area contributed by atoms with Gasteiger partial charge in [0.25, 0.3) is 0 Å². The summed E-state index contributed by atoms with van der Waals surface area (Å²) in [7, 11) is -3.22. The summed E-state index contributed by atoms with van der Waals surface area (Å²) in [6.07, 6.45) is 3.19. The number of sulfonamides is 1. The van der Waals surface area contributed by atoms with Crippen LogP contribution in [0, 0.1) is 5.41 Å². The van der Waals surface area contributed by atoms with Crippen LogP contribution in [0.4, 0.5) is 0 Å². The molecule has 0 bridgehead atoms. The Balaban J connectivity index is 1.90. The van der Waals surface area contributed by atoms with Crippen molar-refractivity contribution in [3.63, 3.8) is 0 Å². The van der Waals surface area contributed by atoms with Gasteiger partial charge in [0, 0.05) is 26.2 Å². The van der Waals surface area contributed by atoms with Crippen molar-refractivity contribution in [3.8, 4) is 0 Å². The fraction of sp³-hybridized carbons (Fsp3) is 0.647. The van der Waals surface area contributed by atoms with E-state index in [0.717, 1.165) is 38.0 Å². The maximum atomic E-state index is 12.0. The van der Waals surface area contributed by atoms with Crippen LogP contribution in [0.5, 0.6) is 0 Å². The van der Waals surface area contributed by atoms with Crippen LogP contribution in [0.2, 0.25) is 0 Å². The lowest BCUT2D eigenvalue weighted by Crippen LogP contribution is -2.44. The lowest BCUT2D eigenvalue weighted by molar-refractivity contribution is 0.0571. The maximum absolute atomic E-state index is 12.0. The predicted molar refractivity (Wildman–Crippen MR) is 92.6 cm³/mol. The number of hydrogen-bond donors (Lipinski definition) is 1. The summed E-state index contributed by atoms with van der Waals surface area (Å²) in [6.45, 7) is 5.83. The van der Waals surface area contributed by atoms with Crippen LogP contribution in [-0.4, -0.2) is 61.8 Å². The third-order valence-corrected chi connectivity index (χ3v) is 6.03. The van der Waals surface area contributed by atoms with Gasteiger partial charge in [-0.05, 0) is 36.9 Å². The molecule has 5 nitrogen and oxygen atoms in total. The standard InChI is InChI=1S/C17H28N2O3S/c1-17(15-20)8-10-18(11-9-17)12-13-19(23(2,21)22)14-16-6-4-3-5-7-16/h3-7,20H,8-15H2,1-2H3. The smallest absolute Gasteiger partial charge is 0.211 e. The number of piperidine rings is 1. The van der Waals surface area contributed by atoms with Crippen molar-refractivity contribution < 1.29 is 13.5 Å². The lowest BCUT2D eigenvalue weighted by atomic mass is 9.81. The van der Waals surface area contributed by atoms with E-state index in [2.05, 4.69) is 11.8 Å². The van der Waals surface area contributed by atoms with E-state index in [4.69, 9.17) is 0 Å². The zero-order chi connectivity index (χ0) is 16.9. The van der Waals surface area contributed by atoms with Gasteiger partial charge in [0.05, 0.1) is 6.26 Å². The number of aliphatic hydroxyl groups is 1. The number of likely N-dealkylation sites (tertiary alicyclic amines) is 1. The maximum Gasteiger partial charge on any atom is 0.211 e. The van der Waals surface area contributed by atoms with Crippen LogP contribution in [0.1, 0.15) is 25.3 Å². The summed E-state index contributed by atoms with van der Waals surface area (Å²) in [5.74, 6) is 0. The SMILES string of the molecule is CC1(CO)CCN(CCN(Cc2ccccc2)S(C)(=O)=O)CC1.